The van der Waals surface area contributed by atoms with Crippen LogP contribution in [0.1, 0.15) is 97.3 Å². The molecule has 2 nitrogen and oxygen atoms in total. The first kappa shape index (κ1) is 19.1. The van der Waals surface area contributed by atoms with E-state index in [1.807, 2.05) is 6.26 Å². The topological polar surface area (TPSA) is 21.3 Å². The van der Waals surface area contributed by atoms with Gasteiger partial charge in [0.25, 0.3) is 0 Å². The van der Waals surface area contributed by atoms with E-state index in [1.165, 1.54) is 89.2 Å². The normalized spacial score (nSPS) is 15.4. The molecule has 0 aromatic carbocycles. The van der Waals surface area contributed by atoms with E-state index in [0.717, 1.165) is 0 Å². The van der Waals surface area contributed by atoms with Crippen molar-refractivity contribution in [2.24, 2.45) is 5.92 Å². The van der Waals surface area contributed by atoms with Crippen molar-refractivity contribution in [2.45, 2.75) is 97.3 Å². The van der Waals surface area contributed by atoms with Crippen molar-refractivity contribution in [1.82, 2.24) is 5.32 Å². The second-order valence-electron chi connectivity index (χ2n) is 6.82. The molecule has 0 bridgehead atoms. The Hall–Kier alpha value is -0.920. The molecule has 0 aromatic heterocycles. The first-order valence-electron chi connectivity index (χ1n) is 9.56. The second-order valence-corrected chi connectivity index (χ2v) is 6.82. The summed E-state index contributed by atoms with van der Waals surface area (Å²) in [6.45, 7) is 8.31. The van der Waals surface area contributed by atoms with Crippen LogP contribution >= 0.6 is 0 Å². The Morgan fingerprint density at radius 1 is 0.909 bits per heavy atom. The van der Waals surface area contributed by atoms with E-state index in [4.69, 9.17) is 4.74 Å². The van der Waals surface area contributed by atoms with Gasteiger partial charge in [0.1, 0.15) is 6.26 Å². The van der Waals surface area contributed by atoms with E-state index in [1.54, 1.807) is 0 Å². The molecule has 1 atom stereocenters. The lowest BCUT2D eigenvalue weighted by Crippen LogP contribution is -2.12. The van der Waals surface area contributed by atoms with Crippen molar-refractivity contribution in [3.05, 3.63) is 24.4 Å². The lowest BCUT2D eigenvalue weighted by Gasteiger charge is -2.11. The fourth-order valence-corrected chi connectivity index (χ4v) is 3.04. The summed E-state index contributed by atoms with van der Waals surface area (Å²) < 4.78 is 5.23. The quantitative estimate of drug-likeness (QED) is 0.363. The van der Waals surface area contributed by atoms with Crippen LogP contribution in [0.2, 0.25) is 0 Å². The molecule has 1 heterocycles. The van der Waals surface area contributed by atoms with Gasteiger partial charge in [-0.2, -0.15) is 0 Å². The molecule has 1 aliphatic rings. The predicted molar refractivity (Wildman–Crippen MR) is 96.3 cm³/mol. The van der Waals surface area contributed by atoms with Crippen LogP contribution in [0.3, 0.4) is 0 Å². The molecule has 1 N–H and O–H groups in total. The maximum atomic E-state index is 5.23. The monoisotopic (exact) mass is 307 g/mol. The highest BCUT2D eigenvalue weighted by atomic mass is 16.5. The third kappa shape index (κ3) is 9.17. The van der Waals surface area contributed by atoms with E-state index < -0.39 is 0 Å². The van der Waals surface area contributed by atoms with E-state index in [9.17, 15) is 0 Å². The zero-order valence-electron chi connectivity index (χ0n) is 15.0. The molecule has 0 radical (unpaired) electrons. The number of unbranched alkanes of at least 4 members (excludes halogenated alkanes) is 11. The van der Waals surface area contributed by atoms with Gasteiger partial charge in [-0.1, -0.05) is 90.9 Å². The largest absolute Gasteiger partial charge is 0.448 e. The Bertz CT molecular complexity index is 322. The second kappa shape index (κ2) is 12.6. The van der Waals surface area contributed by atoms with Gasteiger partial charge < -0.3 is 10.1 Å². The van der Waals surface area contributed by atoms with Crippen LogP contribution in [0.5, 0.6) is 0 Å². The van der Waals surface area contributed by atoms with E-state index in [-0.39, 0.29) is 0 Å². The Labute approximate surface area is 138 Å². The van der Waals surface area contributed by atoms with Crippen LogP contribution in [0, 0.1) is 5.92 Å². The van der Waals surface area contributed by atoms with E-state index >= 15 is 0 Å². The molecule has 22 heavy (non-hydrogen) atoms. The number of hydrogen-bond acceptors (Lipinski definition) is 2. The van der Waals surface area contributed by atoms with Crippen molar-refractivity contribution in [3.63, 3.8) is 0 Å². The summed E-state index contributed by atoms with van der Waals surface area (Å²) in [5.74, 6) is 1.22. The summed E-state index contributed by atoms with van der Waals surface area (Å²) in [4.78, 5) is 0. The highest BCUT2D eigenvalue weighted by Gasteiger charge is 2.14. The van der Waals surface area contributed by atoms with Crippen LogP contribution in [-0.4, -0.2) is 0 Å². The van der Waals surface area contributed by atoms with Crippen molar-refractivity contribution in [2.75, 3.05) is 0 Å². The van der Waals surface area contributed by atoms with Gasteiger partial charge in [-0.05, 0) is 18.9 Å². The first-order valence-corrected chi connectivity index (χ1v) is 9.56. The smallest absolute Gasteiger partial charge is 0.189 e. The Morgan fingerprint density at radius 3 is 1.86 bits per heavy atom. The summed E-state index contributed by atoms with van der Waals surface area (Å²) in [5.41, 5.74) is 1.19. The average Bonchev–Trinajstić information content (AvgIpc) is 2.95. The molecule has 0 amide bonds. The highest BCUT2D eigenvalue weighted by Crippen LogP contribution is 2.21. The first-order chi connectivity index (χ1) is 10.7. The fraction of sp³-hybridized carbons (Fsp3) is 0.800. The van der Waals surface area contributed by atoms with Crippen LogP contribution in [0.4, 0.5) is 0 Å². The molecule has 1 rings (SSSR count). The molecule has 0 aromatic rings. The van der Waals surface area contributed by atoms with Gasteiger partial charge in [-0.25, -0.2) is 0 Å². The molecule has 128 valence electrons. The molecule has 1 aliphatic heterocycles. The number of ether oxygens (including phenoxy) is 1. The molecule has 0 aliphatic carbocycles. The summed E-state index contributed by atoms with van der Waals surface area (Å²) >= 11 is 0. The van der Waals surface area contributed by atoms with Crippen LogP contribution in [0.15, 0.2) is 24.4 Å². The van der Waals surface area contributed by atoms with Crippen LogP contribution < -0.4 is 5.32 Å². The molecule has 2 heteroatoms. The predicted octanol–water partition coefficient (Wildman–Crippen LogP) is 6.65. The number of hydrogen-bond donors (Lipinski definition) is 1. The Kier molecular flexibility index (Phi) is 11.0. The van der Waals surface area contributed by atoms with E-state index in [0.29, 0.717) is 11.8 Å². The number of allylic oxidation sites excluding steroid dienone is 1. The lowest BCUT2D eigenvalue weighted by molar-refractivity contribution is 0.359. The van der Waals surface area contributed by atoms with Gasteiger partial charge in [-0.3, -0.25) is 0 Å². The Balaban J connectivity index is 1.81. The lowest BCUT2D eigenvalue weighted by atomic mass is 9.99. The standard InChI is InChI=1S/C20H37NO/c1-4-5-6-7-8-9-10-11-12-13-14-15-16-18(2)20-17-22-19(3)21-20/h17-18,21H,3-16H2,1-2H3. The summed E-state index contributed by atoms with van der Waals surface area (Å²) in [6.07, 6.45) is 20.0. The van der Waals surface area contributed by atoms with Crippen LogP contribution in [0.25, 0.3) is 0 Å². The molecule has 0 saturated heterocycles. The van der Waals surface area contributed by atoms with Gasteiger partial charge in [0, 0.05) is 0 Å². The number of nitrogens with one attached hydrogen (secondary N) is 1. The SMILES string of the molecule is C=C1NC(C(C)CCCCCCCCCCCCCC)=CO1. The van der Waals surface area contributed by atoms with Crippen molar-refractivity contribution in [1.29, 1.82) is 0 Å². The zero-order valence-corrected chi connectivity index (χ0v) is 15.0. The van der Waals surface area contributed by atoms with E-state index in [2.05, 4.69) is 25.7 Å². The molecule has 0 saturated carbocycles. The molecular weight excluding hydrogens is 270 g/mol. The third-order valence-corrected chi connectivity index (χ3v) is 4.63. The maximum absolute atomic E-state index is 5.23. The molecule has 0 fully saturated rings. The van der Waals surface area contributed by atoms with Crippen molar-refractivity contribution in [3.8, 4) is 0 Å². The summed E-state index contributed by atoms with van der Waals surface area (Å²) in [5, 5.41) is 3.19. The minimum atomic E-state index is 0.558. The zero-order chi connectivity index (χ0) is 16.0. The molecular formula is C20H37NO. The van der Waals surface area contributed by atoms with Crippen molar-refractivity contribution >= 4 is 0 Å². The highest BCUT2D eigenvalue weighted by molar-refractivity contribution is 5.12. The van der Waals surface area contributed by atoms with Gasteiger partial charge >= 0.3 is 0 Å². The van der Waals surface area contributed by atoms with Gasteiger partial charge in [0.05, 0.1) is 5.70 Å². The molecule has 1 unspecified atom stereocenters. The Morgan fingerprint density at radius 2 is 1.41 bits per heavy atom. The minimum Gasteiger partial charge on any atom is -0.448 e. The van der Waals surface area contributed by atoms with Crippen molar-refractivity contribution < 1.29 is 4.74 Å². The van der Waals surface area contributed by atoms with Gasteiger partial charge in [0.15, 0.2) is 5.88 Å². The maximum Gasteiger partial charge on any atom is 0.189 e. The summed E-state index contributed by atoms with van der Waals surface area (Å²) in [6, 6.07) is 0. The summed E-state index contributed by atoms with van der Waals surface area (Å²) in [7, 11) is 0. The van der Waals surface area contributed by atoms with Gasteiger partial charge in [0.2, 0.25) is 0 Å². The van der Waals surface area contributed by atoms with Crippen LogP contribution in [-0.2, 0) is 4.74 Å². The molecule has 0 spiro atoms. The minimum absolute atomic E-state index is 0.558. The average molecular weight is 308 g/mol. The number of rotatable bonds is 14. The third-order valence-electron chi connectivity index (χ3n) is 4.63. The fourth-order valence-electron chi connectivity index (χ4n) is 3.04. The van der Waals surface area contributed by atoms with Gasteiger partial charge in [-0.15, -0.1) is 0 Å².